The summed E-state index contributed by atoms with van der Waals surface area (Å²) in [5.41, 5.74) is 4.03. The van der Waals surface area contributed by atoms with Gasteiger partial charge in [0.15, 0.2) is 11.6 Å². The van der Waals surface area contributed by atoms with Crippen LogP contribution in [0.4, 0.5) is 23.5 Å². The zero-order valence-corrected chi connectivity index (χ0v) is 25.8. The number of nitrogens with zero attached hydrogens (tertiary/aromatic N) is 6. The molecule has 1 N–H and O–H groups in total. The van der Waals surface area contributed by atoms with E-state index < -0.39 is 24.6 Å². The van der Waals surface area contributed by atoms with Gasteiger partial charge in [0.25, 0.3) is 5.91 Å². The van der Waals surface area contributed by atoms with Gasteiger partial charge in [-0.05, 0) is 49.4 Å². The van der Waals surface area contributed by atoms with Crippen LogP contribution in [0.1, 0.15) is 65.5 Å². The summed E-state index contributed by atoms with van der Waals surface area (Å²) in [6.45, 7) is 6.37. The summed E-state index contributed by atoms with van der Waals surface area (Å²) >= 11 is 0. The van der Waals surface area contributed by atoms with Gasteiger partial charge in [0, 0.05) is 75.8 Å². The fraction of sp³-hybridized carbons (Fsp3) is 0.531. The Morgan fingerprint density at radius 3 is 2.47 bits per heavy atom. The van der Waals surface area contributed by atoms with Gasteiger partial charge >= 0.3 is 6.18 Å². The van der Waals surface area contributed by atoms with Gasteiger partial charge in [-0.3, -0.25) is 19.6 Å². The van der Waals surface area contributed by atoms with Crippen LogP contribution in [-0.2, 0) is 18.5 Å². The van der Waals surface area contributed by atoms with E-state index in [2.05, 4.69) is 26.3 Å². The monoisotopic (exact) mass is 629 g/mol. The molecule has 2 aromatic heterocycles. The molecule has 242 valence electrons. The van der Waals surface area contributed by atoms with Crippen LogP contribution in [0.15, 0.2) is 36.8 Å². The predicted molar refractivity (Wildman–Crippen MR) is 161 cm³/mol. The van der Waals surface area contributed by atoms with Gasteiger partial charge in [0.05, 0.1) is 37.6 Å². The van der Waals surface area contributed by atoms with Crippen LogP contribution in [0.5, 0.6) is 5.75 Å². The number of piperazine rings is 1. The number of imidazole rings is 1. The number of fused-ring (bicyclic) bond motifs is 2. The molecule has 1 amide bonds. The Bertz CT molecular complexity index is 1550. The molecule has 3 aromatic rings. The van der Waals surface area contributed by atoms with Crippen molar-refractivity contribution in [1.29, 1.82) is 0 Å². The SMILES string of the molecule is CCOc1cc([C@H](C)N2CC3(CC3)c3c(CN4CCN(CC(F)(F)F)CC4)cc(Cn4ccnc4NC)cc3C2=O)ncc1F. The number of nitrogens with one attached hydrogen (secondary N) is 1. The van der Waals surface area contributed by atoms with Crippen molar-refractivity contribution < 1.29 is 27.1 Å². The molecule has 13 heteroatoms. The minimum Gasteiger partial charge on any atom is -0.491 e. The Hall–Kier alpha value is -3.71. The Labute approximate surface area is 260 Å². The molecule has 2 aliphatic heterocycles. The van der Waals surface area contributed by atoms with E-state index in [4.69, 9.17) is 4.74 Å². The highest BCUT2D eigenvalue weighted by Crippen LogP contribution is 2.55. The van der Waals surface area contributed by atoms with Crippen LogP contribution >= 0.6 is 0 Å². The van der Waals surface area contributed by atoms with E-state index >= 15 is 0 Å². The molecule has 1 atom stereocenters. The van der Waals surface area contributed by atoms with E-state index in [9.17, 15) is 22.4 Å². The molecule has 0 bridgehead atoms. The highest BCUT2D eigenvalue weighted by Gasteiger charge is 2.53. The largest absolute Gasteiger partial charge is 0.491 e. The first kappa shape index (κ1) is 31.3. The molecule has 1 spiro atoms. The maximum absolute atomic E-state index is 14.4. The van der Waals surface area contributed by atoms with E-state index in [1.165, 1.54) is 4.90 Å². The minimum absolute atomic E-state index is 0.112. The molecule has 1 aromatic carbocycles. The molecular weight excluding hydrogens is 590 g/mol. The number of amides is 1. The number of benzene rings is 1. The van der Waals surface area contributed by atoms with Gasteiger partial charge in [0.1, 0.15) is 0 Å². The Morgan fingerprint density at radius 1 is 1.07 bits per heavy atom. The van der Waals surface area contributed by atoms with E-state index in [0.717, 1.165) is 35.7 Å². The molecule has 1 saturated carbocycles. The Morgan fingerprint density at radius 2 is 1.80 bits per heavy atom. The van der Waals surface area contributed by atoms with Crippen LogP contribution in [0.3, 0.4) is 0 Å². The second-order valence-corrected chi connectivity index (χ2v) is 12.3. The summed E-state index contributed by atoms with van der Waals surface area (Å²) in [5.74, 6) is 0.149. The number of anilines is 1. The number of hydrogen-bond acceptors (Lipinski definition) is 7. The normalized spacial score (nSPS) is 19.1. The Balaban J connectivity index is 1.33. The van der Waals surface area contributed by atoms with Gasteiger partial charge < -0.3 is 19.5 Å². The summed E-state index contributed by atoms with van der Waals surface area (Å²) in [6, 6.07) is 5.29. The molecule has 9 nitrogen and oxygen atoms in total. The fourth-order valence-corrected chi connectivity index (χ4v) is 6.83. The quantitative estimate of drug-likeness (QED) is 0.322. The molecule has 0 radical (unpaired) electrons. The molecule has 45 heavy (non-hydrogen) atoms. The Kier molecular flexibility index (Phi) is 8.51. The third-order valence-corrected chi connectivity index (χ3v) is 9.22. The first-order valence-corrected chi connectivity index (χ1v) is 15.5. The lowest BCUT2D eigenvalue weighted by Crippen LogP contribution is -2.49. The summed E-state index contributed by atoms with van der Waals surface area (Å²) in [4.78, 5) is 28.5. The third kappa shape index (κ3) is 6.51. The van der Waals surface area contributed by atoms with Crippen LogP contribution < -0.4 is 10.1 Å². The van der Waals surface area contributed by atoms with Crippen molar-refractivity contribution in [2.24, 2.45) is 0 Å². The molecule has 0 unspecified atom stereocenters. The van der Waals surface area contributed by atoms with Gasteiger partial charge in [-0.25, -0.2) is 9.37 Å². The zero-order valence-electron chi connectivity index (χ0n) is 25.8. The highest BCUT2D eigenvalue weighted by molar-refractivity contribution is 5.98. The lowest BCUT2D eigenvalue weighted by molar-refractivity contribution is -0.149. The number of rotatable bonds is 10. The van der Waals surface area contributed by atoms with Crippen LogP contribution in [0, 0.1) is 5.82 Å². The second kappa shape index (κ2) is 12.2. The first-order valence-electron chi connectivity index (χ1n) is 15.5. The van der Waals surface area contributed by atoms with Crippen LogP contribution in [-0.4, -0.2) is 94.2 Å². The number of pyridine rings is 1. The number of carbonyl (C=O) groups is 1. The van der Waals surface area contributed by atoms with Crippen molar-refractivity contribution in [1.82, 2.24) is 29.2 Å². The van der Waals surface area contributed by atoms with Gasteiger partial charge in [-0.2, -0.15) is 13.2 Å². The van der Waals surface area contributed by atoms with Gasteiger partial charge in [-0.1, -0.05) is 6.07 Å². The fourth-order valence-electron chi connectivity index (χ4n) is 6.83. The van der Waals surface area contributed by atoms with E-state index in [1.807, 2.05) is 28.7 Å². The molecule has 3 aliphatic rings. The third-order valence-electron chi connectivity index (χ3n) is 9.22. The van der Waals surface area contributed by atoms with Crippen molar-refractivity contribution in [3.8, 4) is 5.75 Å². The maximum Gasteiger partial charge on any atom is 0.401 e. The van der Waals surface area contributed by atoms with Crippen molar-refractivity contribution in [3.05, 3.63) is 70.6 Å². The lowest BCUT2D eigenvalue weighted by Gasteiger charge is -2.41. The van der Waals surface area contributed by atoms with Gasteiger partial charge in [0.2, 0.25) is 5.95 Å². The molecule has 1 aliphatic carbocycles. The summed E-state index contributed by atoms with van der Waals surface area (Å²) in [5, 5.41) is 3.09. The van der Waals surface area contributed by atoms with Crippen molar-refractivity contribution >= 4 is 11.9 Å². The number of alkyl halides is 3. The average molecular weight is 630 g/mol. The lowest BCUT2D eigenvalue weighted by atomic mass is 9.81. The second-order valence-electron chi connectivity index (χ2n) is 12.3. The maximum atomic E-state index is 14.4. The number of hydrogen-bond donors (Lipinski definition) is 1. The minimum atomic E-state index is -4.22. The zero-order chi connectivity index (χ0) is 31.9. The van der Waals surface area contributed by atoms with Crippen LogP contribution in [0.25, 0.3) is 0 Å². The predicted octanol–water partition coefficient (Wildman–Crippen LogP) is 4.83. The highest BCUT2D eigenvalue weighted by atomic mass is 19.4. The van der Waals surface area contributed by atoms with Gasteiger partial charge in [-0.15, -0.1) is 0 Å². The topological polar surface area (TPSA) is 78.8 Å². The van der Waals surface area contributed by atoms with E-state index in [1.54, 1.807) is 26.2 Å². The molecule has 4 heterocycles. The summed E-state index contributed by atoms with van der Waals surface area (Å²) < 4.78 is 60.7. The summed E-state index contributed by atoms with van der Waals surface area (Å²) in [6.07, 6.45) is 2.36. The average Bonchev–Trinajstić information content (AvgIpc) is 3.63. The first-order chi connectivity index (χ1) is 21.5. The molecule has 2 fully saturated rings. The van der Waals surface area contributed by atoms with E-state index in [0.29, 0.717) is 69.6 Å². The molecule has 1 saturated heterocycles. The number of halogens is 4. The van der Waals surface area contributed by atoms with E-state index in [-0.39, 0.29) is 17.1 Å². The summed E-state index contributed by atoms with van der Waals surface area (Å²) in [7, 11) is 1.80. The standard InChI is InChI=1S/C32H39F4N7O2/c1-4-45-27-15-26(39-16-25(27)33)21(2)43-19-31(5-6-31)28-23(18-40-9-11-41(12-10-40)20-32(34,35)36)13-22(14-24(28)29(43)44)17-42-8-7-38-30(42)37-3/h7-8,13-16,21H,4-6,9-12,17-20H2,1-3H3,(H,37,38)/t21-/m0/s1. The molecular formula is C32H39F4N7O2. The smallest absolute Gasteiger partial charge is 0.401 e. The number of ether oxygens (including phenoxy) is 1. The van der Waals surface area contributed by atoms with Crippen molar-refractivity contribution in [3.63, 3.8) is 0 Å². The van der Waals surface area contributed by atoms with Crippen LogP contribution in [0.2, 0.25) is 0 Å². The molecule has 6 rings (SSSR count). The number of aromatic nitrogens is 3. The van der Waals surface area contributed by atoms with Crippen molar-refractivity contribution in [2.75, 3.05) is 58.2 Å². The van der Waals surface area contributed by atoms with Crippen molar-refractivity contribution in [2.45, 2.75) is 57.4 Å². The number of carbonyl (C=O) groups excluding carboxylic acids is 1.